The number of carbonyl (C=O) groups is 2. The second-order valence-corrected chi connectivity index (χ2v) is 7.50. The zero-order valence-electron chi connectivity index (χ0n) is 13.6. The maximum Gasteiger partial charge on any atom is 0.196 e. The molecule has 0 aromatic carbocycles. The molecule has 0 heterocycles. The van der Waals surface area contributed by atoms with E-state index in [0.29, 0.717) is 6.42 Å². The molecule has 0 bridgehead atoms. The fourth-order valence-electron chi connectivity index (χ4n) is 4.67. The van der Waals surface area contributed by atoms with Crippen LogP contribution < -0.4 is 0 Å². The molecule has 1 saturated carbocycles. The van der Waals surface area contributed by atoms with E-state index in [4.69, 9.17) is 6.42 Å². The highest BCUT2D eigenvalue weighted by Crippen LogP contribution is 2.62. The fourth-order valence-corrected chi connectivity index (χ4v) is 4.67. The Morgan fingerprint density at radius 1 is 1.30 bits per heavy atom. The van der Waals surface area contributed by atoms with Gasteiger partial charge in [0.2, 0.25) is 0 Å². The van der Waals surface area contributed by atoms with Crippen molar-refractivity contribution in [2.45, 2.75) is 33.6 Å². The molecular formula is C20H19NO2. The third kappa shape index (κ3) is 1.83. The number of allylic oxidation sites excluding steroid dienone is 6. The van der Waals surface area contributed by atoms with Crippen LogP contribution in [0.3, 0.4) is 0 Å². The van der Waals surface area contributed by atoms with E-state index in [-0.39, 0.29) is 23.1 Å². The average molecular weight is 305 g/mol. The normalized spacial score (nSPS) is 37.7. The highest BCUT2D eigenvalue weighted by molar-refractivity contribution is 6.09. The Morgan fingerprint density at radius 3 is 2.61 bits per heavy atom. The summed E-state index contributed by atoms with van der Waals surface area (Å²) in [6.45, 7) is 5.98. The Labute approximate surface area is 136 Å². The monoisotopic (exact) mass is 305 g/mol. The Hall–Kier alpha value is -2.39. The quantitative estimate of drug-likeness (QED) is 0.646. The van der Waals surface area contributed by atoms with Gasteiger partial charge in [-0.15, -0.1) is 6.42 Å². The molecule has 0 radical (unpaired) electrons. The summed E-state index contributed by atoms with van der Waals surface area (Å²) < 4.78 is 0. The lowest BCUT2D eigenvalue weighted by molar-refractivity contribution is -0.129. The highest BCUT2D eigenvalue weighted by Gasteiger charge is 2.57. The minimum absolute atomic E-state index is 0.0880. The first-order chi connectivity index (χ1) is 10.7. The number of ketones is 2. The highest BCUT2D eigenvalue weighted by atomic mass is 16.1. The van der Waals surface area contributed by atoms with Crippen molar-refractivity contribution < 1.29 is 9.59 Å². The lowest BCUT2D eigenvalue weighted by atomic mass is 9.46. The predicted octanol–water partition coefficient (Wildman–Crippen LogP) is 3.15. The van der Waals surface area contributed by atoms with E-state index in [1.54, 1.807) is 18.2 Å². The molecule has 3 atom stereocenters. The van der Waals surface area contributed by atoms with Crippen LogP contribution in [-0.4, -0.2) is 11.6 Å². The molecule has 0 amide bonds. The summed E-state index contributed by atoms with van der Waals surface area (Å²) in [5.74, 6) is 2.74. The summed E-state index contributed by atoms with van der Waals surface area (Å²) in [4.78, 5) is 24.6. The van der Waals surface area contributed by atoms with Crippen molar-refractivity contribution in [2.75, 3.05) is 0 Å². The minimum Gasteiger partial charge on any atom is -0.294 e. The second kappa shape index (κ2) is 4.56. The second-order valence-electron chi connectivity index (χ2n) is 7.50. The van der Waals surface area contributed by atoms with Gasteiger partial charge in [0.05, 0.1) is 11.0 Å². The van der Waals surface area contributed by atoms with Gasteiger partial charge in [0.25, 0.3) is 0 Å². The van der Waals surface area contributed by atoms with Crippen LogP contribution in [0.2, 0.25) is 0 Å². The summed E-state index contributed by atoms with van der Waals surface area (Å²) in [6.07, 6.45) is 14.0. The molecule has 116 valence electrons. The fraction of sp³-hybridized carbons (Fsp3) is 0.450. The van der Waals surface area contributed by atoms with Gasteiger partial charge in [-0.3, -0.25) is 9.59 Å². The molecule has 0 spiro atoms. The van der Waals surface area contributed by atoms with E-state index < -0.39 is 16.2 Å². The van der Waals surface area contributed by atoms with Gasteiger partial charge in [-0.25, -0.2) is 0 Å². The van der Waals surface area contributed by atoms with Crippen molar-refractivity contribution in [1.29, 1.82) is 5.26 Å². The SMILES string of the molecule is C#C[C@]12C=C(C#N)C(=O)C=C1[C@@]1(C)C=CC(=O)C(C)(C)[C@@H]1CC2. The summed E-state index contributed by atoms with van der Waals surface area (Å²) in [5.41, 5.74) is -0.679. The molecule has 0 N–H and O–H groups in total. The van der Waals surface area contributed by atoms with Crippen molar-refractivity contribution in [1.82, 2.24) is 0 Å². The first-order valence-electron chi connectivity index (χ1n) is 7.83. The van der Waals surface area contributed by atoms with Crippen LogP contribution in [0, 0.1) is 45.8 Å². The molecule has 3 heteroatoms. The van der Waals surface area contributed by atoms with E-state index in [0.717, 1.165) is 12.0 Å². The van der Waals surface area contributed by atoms with Gasteiger partial charge < -0.3 is 0 Å². The van der Waals surface area contributed by atoms with E-state index in [1.165, 1.54) is 0 Å². The van der Waals surface area contributed by atoms with Gasteiger partial charge in [0.1, 0.15) is 6.07 Å². The maximum absolute atomic E-state index is 12.3. The molecule has 23 heavy (non-hydrogen) atoms. The standard InChI is InChI=1S/C20H19NO2/c1-5-20-9-6-15-18(2,3)17(23)7-8-19(15,4)16(20)10-14(22)13(11-20)12-21/h1,7-8,10-11,15H,6,9H2,2-4H3/t15-,19-,20-/m0/s1. The Bertz CT molecular complexity index is 796. The van der Waals surface area contributed by atoms with Gasteiger partial charge in [-0.2, -0.15) is 5.26 Å². The van der Waals surface area contributed by atoms with Crippen molar-refractivity contribution in [3.05, 3.63) is 35.5 Å². The summed E-state index contributed by atoms with van der Waals surface area (Å²) in [6, 6.07) is 1.95. The molecular weight excluding hydrogens is 286 g/mol. The molecule has 3 rings (SSSR count). The van der Waals surface area contributed by atoms with Gasteiger partial charge in [0.15, 0.2) is 11.6 Å². The lowest BCUT2D eigenvalue weighted by Gasteiger charge is -2.56. The van der Waals surface area contributed by atoms with Crippen LogP contribution in [0.5, 0.6) is 0 Å². The van der Waals surface area contributed by atoms with Crippen molar-refractivity contribution >= 4 is 11.6 Å². The van der Waals surface area contributed by atoms with Crippen molar-refractivity contribution in [3.63, 3.8) is 0 Å². The Morgan fingerprint density at radius 2 is 2.00 bits per heavy atom. The molecule has 3 aliphatic carbocycles. The van der Waals surface area contributed by atoms with Crippen LogP contribution in [0.15, 0.2) is 35.5 Å². The molecule has 0 aromatic heterocycles. The number of nitriles is 1. The number of rotatable bonds is 0. The minimum atomic E-state index is -0.703. The average Bonchev–Trinajstić information content (AvgIpc) is 2.52. The number of carbonyl (C=O) groups excluding carboxylic acids is 2. The van der Waals surface area contributed by atoms with Crippen molar-refractivity contribution in [2.24, 2.45) is 22.2 Å². The van der Waals surface area contributed by atoms with Crippen LogP contribution >= 0.6 is 0 Å². The molecule has 3 aliphatic rings. The van der Waals surface area contributed by atoms with E-state index >= 15 is 0 Å². The lowest BCUT2D eigenvalue weighted by Crippen LogP contribution is -2.52. The number of nitrogens with zero attached hydrogens (tertiary/aromatic N) is 1. The first kappa shape index (κ1) is 15.5. The van der Waals surface area contributed by atoms with E-state index in [1.807, 2.05) is 26.0 Å². The first-order valence-corrected chi connectivity index (χ1v) is 7.83. The molecule has 0 aliphatic heterocycles. The van der Waals surface area contributed by atoms with Crippen LogP contribution in [0.1, 0.15) is 33.6 Å². The third-order valence-corrected chi connectivity index (χ3v) is 6.01. The topological polar surface area (TPSA) is 57.9 Å². The summed E-state index contributed by atoms with van der Waals surface area (Å²) in [7, 11) is 0. The zero-order valence-corrected chi connectivity index (χ0v) is 13.6. The number of fused-ring (bicyclic) bond motifs is 3. The van der Waals surface area contributed by atoms with Gasteiger partial charge in [-0.05, 0) is 42.6 Å². The van der Waals surface area contributed by atoms with Crippen molar-refractivity contribution in [3.8, 4) is 18.4 Å². The number of hydrogen-bond acceptors (Lipinski definition) is 3. The predicted molar refractivity (Wildman–Crippen MR) is 86.8 cm³/mol. The summed E-state index contributed by atoms with van der Waals surface area (Å²) in [5, 5.41) is 9.18. The van der Waals surface area contributed by atoms with E-state index in [2.05, 4.69) is 12.8 Å². The van der Waals surface area contributed by atoms with Gasteiger partial charge >= 0.3 is 0 Å². The summed E-state index contributed by atoms with van der Waals surface area (Å²) >= 11 is 0. The maximum atomic E-state index is 12.3. The van der Waals surface area contributed by atoms with Gasteiger partial charge in [0, 0.05) is 10.8 Å². The van der Waals surface area contributed by atoms with E-state index in [9.17, 15) is 14.9 Å². The van der Waals surface area contributed by atoms with Crippen LogP contribution in [-0.2, 0) is 9.59 Å². The molecule has 3 nitrogen and oxygen atoms in total. The number of hydrogen-bond donors (Lipinski definition) is 0. The molecule has 1 fully saturated rings. The third-order valence-electron chi connectivity index (χ3n) is 6.01. The van der Waals surface area contributed by atoms with Gasteiger partial charge in [-0.1, -0.05) is 32.8 Å². The Balaban J connectivity index is 2.24. The smallest absolute Gasteiger partial charge is 0.196 e. The molecule has 0 unspecified atom stereocenters. The molecule has 0 aromatic rings. The number of terminal acetylenes is 1. The van der Waals surface area contributed by atoms with Crippen LogP contribution in [0.4, 0.5) is 0 Å². The Kier molecular flexibility index (Phi) is 3.07. The molecule has 0 saturated heterocycles. The van der Waals surface area contributed by atoms with Crippen LogP contribution in [0.25, 0.3) is 0 Å². The largest absolute Gasteiger partial charge is 0.294 e. The zero-order chi connectivity index (χ0) is 17.0.